The molecule has 1 aliphatic heterocycles. The first-order valence-electron chi connectivity index (χ1n) is 9.96. The normalized spacial score (nSPS) is 16.0. The van der Waals surface area contributed by atoms with Crippen molar-refractivity contribution in [1.82, 2.24) is 10.6 Å². The highest BCUT2D eigenvalue weighted by Gasteiger charge is 2.35. The number of hydrogen-bond acceptors (Lipinski definition) is 2. The molecular formula is C23H31FIN3O. The van der Waals surface area contributed by atoms with Crippen LogP contribution in [0.2, 0.25) is 0 Å². The minimum absolute atomic E-state index is 0. The third-order valence-electron chi connectivity index (χ3n) is 5.60. The predicted molar refractivity (Wildman–Crippen MR) is 128 cm³/mol. The van der Waals surface area contributed by atoms with E-state index in [1.165, 1.54) is 23.3 Å². The summed E-state index contributed by atoms with van der Waals surface area (Å²) in [6.07, 6.45) is 2.81. The molecule has 2 aromatic rings. The molecule has 4 nitrogen and oxygen atoms in total. The minimum Gasteiger partial charge on any atom is -0.381 e. The smallest absolute Gasteiger partial charge is 0.191 e. The molecule has 2 N–H and O–H groups in total. The summed E-state index contributed by atoms with van der Waals surface area (Å²) in [5.74, 6) is 0.591. The molecule has 1 saturated heterocycles. The van der Waals surface area contributed by atoms with Crippen LogP contribution in [0.4, 0.5) is 4.39 Å². The standard InChI is InChI=1S/C23H30FN3O.HI/c1-18-5-3-4-6-21(18)23(12-15-28-16-13-23)17-27-22(25-2)26-14-11-19-7-9-20(24)10-8-19;/h3-10H,11-17H2,1-2H3,(H2,25,26,27);1H. The van der Waals surface area contributed by atoms with Gasteiger partial charge in [-0.1, -0.05) is 36.4 Å². The maximum Gasteiger partial charge on any atom is 0.191 e. The molecule has 6 heteroatoms. The first kappa shape index (κ1) is 23.6. The summed E-state index contributed by atoms with van der Waals surface area (Å²) in [6, 6.07) is 15.3. The fourth-order valence-corrected chi connectivity index (χ4v) is 3.92. The van der Waals surface area contributed by atoms with Crippen LogP contribution in [0, 0.1) is 12.7 Å². The Morgan fingerprint density at radius 1 is 1.07 bits per heavy atom. The molecule has 1 fully saturated rings. The molecule has 0 unspecified atom stereocenters. The summed E-state index contributed by atoms with van der Waals surface area (Å²) in [5.41, 5.74) is 3.88. The summed E-state index contributed by atoms with van der Waals surface area (Å²) in [7, 11) is 1.79. The number of halogens is 2. The molecule has 0 atom stereocenters. The van der Waals surface area contributed by atoms with Gasteiger partial charge in [0.1, 0.15) is 5.82 Å². The van der Waals surface area contributed by atoms with Crippen molar-refractivity contribution in [2.45, 2.75) is 31.6 Å². The summed E-state index contributed by atoms with van der Waals surface area (Å²) in [6.45, 7) is 5.31. The maximum absolute atomic E-state index is 13.0. The van der Waals surface area contributed by atoms with Crippen molar-refractivity contribution in [2.75, 3.05) is 33.4 Å². The minimum atomic E-state index is -0.202. The van der Waals surface area contributed by atoms with Crippen LogP contribution in [-0.2, 0) is 16.6 Å². The Morgan fingerprint density at radius 3 is 2.41 bits per heavy atom. The van der Waals surface area contributed by atoms with Crippen LogP contribution in [0.3, 0.4) is 0 Å². The Bertz CT molecular complexity index is 789. The second-order valence-electron chi connectivity index (χ2n) is 7.44. The second-order valence-corrected chi connectivity index (χ2v) is 7.44. The van der Waals surface area contributed by atoms with E-state index in [9.17, 15) is 4.39 Å². The highest BCUT2D eigenvalue weighted by Crippen LogP contribution is 2.36. The van der Waals surface area contributed by atoms with Gasteiger partial charge in [-0.05, 0) is 55.0 Å². The number of nitrogens with zero attached hydrogens (tertiary/aromatic N) is 1. The topological polar surface area (TPSA) is 45.7 Å². The van der Waals surface area contributed by atoms with Crippen LogP contribution < -0.4 is 10.6 Å². The molecule has 0 bridgehead atoms. The van der Waals surface area contributed by atoms with Gasteiger partial charge < -0.3 is 15.4 Å². The molecular weight excluding hydrogens is 480 g/mol. The van der Waals surface area contributed by atoms with Crippen LogP contribution in [0.5, 0.6) is 0 Å². The molecule has 2 aromatic carbocycles. The third-order valence-corrected chi connectivity index (χ3v) is 5.60. The van der Waals surface area contributed by atoms with Gasteiger partial charge in [-0.15, -0.1) is 24.0 Å². The van der Waals surface area contributed by atoms with E-state index in [-0.39, 0.29) is 35.2 Å². The van der Waals surface area contributed by atoms with E-state index in [1.807, 2.05) is 12.1 Å². The second kappa shape index (κ2) is 11.5. The van der Waals surface area contributed by atoms with Crippen molar-refractivity contribution >= 4 is 29.9 Å². The lowest BCUT2D eigenvalue weighted by Crippen LogP contribution is -2.48. The van der Waals surface area contributed by atoms with E-state index in [0.717, 1.165) is 57.1 Å². The van der Waals surface area contributed by atoms with Crippen LogP contribution in [0.25, 0.3) is 0 Å². The van der Waals surface area contributed by atoms with E-state index in [1.54, 1.807) is 7.05 Å². The lowest BCUT2D eigenvalue weighted by Gasteiger charge is -2.39. The monoisotopic (exact) mass is 511 g/mol. The number of guanidine groups is 1. The van der Waals surface area contributed by atoms with Crippen molar-refractivity contribution in [3.05, 3.63) is 71.0 Å². The van der Waals surface area contributed by atoms with Gasteiger partial charge in [-0.3, -0.25) is 4.99 Å². The molecule has 1 heterocycles. The lowest BCUT2D eigenvalue weighted by molar-refractivity contribution is 0.0512. The first-order chi connectivity index (χ1) is 13.6. The molecule has 0 aromatic heterocycles. The summed E-state index contributed by atoms with van der Waals surface area (Å²) < 4.78 is 18.7. The van der Waals surface area contributed by atoms with Gasteiger partial charge in [0.05, 0.1) is 0 Å². The van der Waals surface area contributed by atoms with Crippen LogP contribution in [-0.4, -0.2) is 39.3 Å². The Morgan fingerprint density at radius 2 is 1.76 bits per heavy atom. The quantitative estimate of drug-likeness (QED) is 0.347. The zero-order chi connectivity index (χ0) is 19.8. The van der Waals surface area contributed by atoms with Crippen molar-refractivity contribution in [2.24, 2.45) is 4.99 Å². The lowest BCUT2D eigenvalue weighted by atomic mass is 9.72. The van der Waals surface area contributed by atoms with E-state index >= 15 is 0 Å². The predicted octanol–water partition coefficient (Wildman–Crippen LogP) is 4.21. The zero-order valence-corrected chi connectivity index (χ0v) is 19.5. The van der Waals surface area contributed by atoms with Gasteiger partial charge in [0.15, 0.2) is 5.96 Å². The molecule has 29 heavy (non-hydrogen) atoms. The number of aliphatic imine (C=N–C) groups is 1. The highest BCUT2D eigenvalue weighted by molar-refractivity contribution is 14.0. The van der Waals surface area contributed by atoms with Crippen LogP contribution in [0.1, 0.15) is 29.5 Å². The molecule has 0 amide bonds. The van der Waals surface area contributed by atoms with Crippen LogP contribution >= 0.6 is 24.0 Å². The van der Waals surface area contributed by atoms with Crippen LogP contribution in [0.15, 0.2) is 53.5 Å². The molecule has 0 saturated carbocycles. The SMILES string of the molecule is CN=C(NCCc1ccc(F)cc1)NCC1(c2ccccc2C)CCOCC1.I. The third kappa shape index (κ3) is 6.40. The van der Waals surface area contributed by atoms with E-state index in [0.29, 0.717) is 0 Å². The number of rotatable bonds is 6. The van der Waals surface area contributed by atoms with Gasteiger partial charge in [0, 0.05) is 38.8 Å². The number of hydrogen-bond donors (Lipinski definition) is 2. The first-order valence-corrected chi connectivity index (χ1v) is 9.96. The van der Waals surface area contributed by atoms with Crippen molar-refractivity contribution in [3.8, 4) is 0 Å². The number of aryl methyl sites for hydroxylation is 1. The molecule has 158 valence electrons. The Balaban J connectivity index is 0.00000300. The molecule has 0 aliphatic carbocycles. The Hall–Kier alpha value is -1.67. The molecule has 1 aliphatic rings. The van der Waals surface area contributed by atoms with E-state index in [4.69, 9.17) is 4.74 Å². The Labute approximate surface area is 190 Å². The van der Waals surface area contributed by atoms with Crippen molar-refractivity contribution < 1.29 is 9.13 Å². The summed E-state index contributed by atoms with van der Waals surface area (Å²) in [5, 5.41) is 6.89. The molecule has 0 radical (unpaired) electrons. The van der Waals surface area contributed by atoms with Crippen molar-refractivity contribution in [3.63, 3.8) is 0 Å². The average molecular weight is 511 g/mol. The molecule has 3 rings (SSSR count). The number of nitrogens with one attached hydrogen (secondary N) is 2. The molecule has 0 spiro atoms. The van der Waals surface area contributed by atoms with Gasteiger partial charge in [0.25, 0.3) is 0 Å². The van der Waals surface area contributed by atoms with Gasteiger partial charge in [-0.25, -0.2) is 4.39 Å². The van der Waals surface area contributed by atoms with Gasteiger partial charge in [-0.2, -0.15) is 0 Å². The maximum atomic E-state index is 13.0. The Kier molecular flexibility index (Phi) is 9.36. The van der Waals surface area contributed by atoms with Gasteiger partial charge >= 0.3 is 0 Å². The van der Waals surface area contributed by atoms with Crippen molar-refractivity contribution in [1.29, 1.82) is 0 Å². The number of ether oxygens (including phenoxy) is 1. The largest absolute Gasteiger partial charge is 0.381 e. The van der Waals surface area contributed by atoms with Gasteiger partial charge in [0.2, 0.25) is 0 Å². The average Bonchev–Trinajstić information content (AvgIpc) is 2.73. The highest BCUT2D eigenvalue weighted by atomic mass is 127. The zero-order valence-electron chi connectivity index (χ0n) is 17.2. The van der Waals surface area contributed by atoms with E-state index in [2.05, 4.69) is 46.8 Å². The fraction of sp³-hybridized carbons (Fsp3) is 0.435. The summed E-state index contributed by atoms with van der Waals surface area (Å²) >= 11 is 0. The van der Waals surface area contributed by atoms with E-state index < -0.39 is 0 Å². The fourth-order valence-electron chi connectivity index (χ4n) is 3.92. The number of benzene rings is 2. The summed E-state index contributed by atoms with van der Waals surface area (Å²) in [4.78, 5) is 4.37.